The number of aromatic nitrogens is 2. The molecular weight excluding hydrogens is 184 g/mol. The van der Waals surface area contributed by atoms with Gasteiger partial charge in [-0.15, -0.1) is 0 Å². The topological polar surface area (TPSA) is 25.8 Å². The van der Waals surface area contributed by atoms with Gasteiger partial charge < -0.3 is 0 Å². The Balaban J connectivity index is 2.07. The van der Waals surface area contributed by atoms with Crippen molar-refractivity contribution in [1.29, 1.82) is 0 Å². The molecule has 0 unspecified atom stereocenters. The summed E-state index contributed by atoms with van der Waals surface area (Å²) in [6.45, 7) is 0. The molecule has 1 aliphatic carbocycles. The second kappa shape index (κ2) is 3.46. The van der Waals surface area contributed by atoms with Gasteiger partial charge in [-0.2, -0.15) is 0 Å². The molecule has 0 aliphatic heterocycles. The largest absolute Gasteiger partial charge is 0.260 e. The summed E-state index contributed by atoms with van der Waals surface area (Å²) in [7, 11) is 0. The van der Waals surface area contributed by atoms with Gasteiger partial charge in [0, 0.05) is 23.7 Å². The lowest BCUT2D eigenvalue weighted by Crippen LogP contribution is -1.90. The van der Waals surface area contributed by atoms with Gasteiger partial charge in [0.15, 0.2) is 0 Å². The fourth-order valence-corrected chi connectivity index (χ4v) is 2.10. The molecule has 2 heterocycles. The molecule has 2 heteroatoms. The van der Waals surface area contributed by atoms with Crippen molar-refractivity contribution in [2.45, 2.75) is 19.3 Å². The zero-order chi connectivity index (χ0) is 10.1. The van der Waals surface area contributed by atoms with E-state index in [1.165, 1.54) is 24.1 Å². The van der Waals surface area contributed by atoms with Gasteiger partial charge in [-0.25, -0.2) is 0 Å². The molecule has 0 atom stereocenters. The first kappa shape index (κ1) is 8.60. The molecule has 0 bridgehead atoms. The Morgan fingerprint density at radius 1 is 1.07 bits per heavy atom. The van der Waals surface area contributed by atoms with Crippen molar-refractivity contribution in [3.8, 4) is 11.3 Å². The van der Waals surface area contributed by atoms with Crippen LogP contribution in [0.5, 0.6) is 0 Å². The zero-order valence-electron chi connectivity index (χ0n) is 8.48. The summed E-state index contributed by atoms with van der Waals surface area (Å²) in [5.74, 6) is 0. The van der Waals surface area contributed by atoms with E-state index < -0.39 is 0 Å². The van der Waals surface area contributed by atoms with Crippen molar-refractivity contribution in [3.05, 3.63) is 47.9 Å². The highest BCUT2D eigenvalue weighted by atomic mass is 14.7. The van der Waals surface area contributed by atoms with Crippen molar-refractivity contribution in [2.24, 2.45) is 0 Å². The predicted octanol–water partition coefficient (Wildman–Crippen LogP) is 2.63. The molecule has 2 aromatic heterocycles. The third-order valence-electron chi connectivity index (χ3n) is 2.88. The molecule has 0 radical (unpaired) electrons. The molecule has 0 saturated carbocycles. The van der Waals surface area contributed by atoms with Crippen LogP contribution in [0.2, 0.25) is 0 Å². The van der Waals surface area contributed by atoms with E-state index in [2.05, 4.69) is 16.0 Å². The van der Waals surface area contributed by atoms with Crippen LogP contribution in [-0.2, 0) is 12.8 Å². The van der Waals surface area contributed by atoms with Crippen LogP contribution in [0, 0.1) is 0 Å². The quantitative estimate of drug-likeness (QED) is 0.700. The third-order valence-corrected chi connectivity index (χ3v) is 2.88. The summed E-state index contributed by atoms with van der Waals surface area (Å²) in [4.78, 5) is 8.83. The van der Waals surface area contributed by atoms with E-state index >= 15 is 0 Å². The predicted molar refractivity (Wildman–Crippen MR) is 59.5 cm³/mol. The normalized spacial score (nSPS) is 13.9. The van der Waals surface area contributed by atoms with Gasteiger partial charge in [0.1, 0.15) is 0 Å². The van der Waals surface area contributed by atoms with Gasteiger partial charge >= 0.3 is 0 Å². The Morgan fingerprint density at radius 2 is 2.07 bits per heavy atom. The number of rotatable bonds is 1. The Bertz CT molecular complexity index is 477. The Kier molecular flexibility index (Phi) is 1.98. The lowest BCUT2D eigenvalue weighted by atomic mass is 10.1. The average Bonchev–Trinajstić information content (AvgIpc) is 2.77. The summed E-state index contributed by atoms with van der Waals surface area (Å²) in [5, 5.41) is 0. The number of nitrogens with zero attached hydrogens (tertiary/aromatic N) is 2. The van der Waals surface area contributed by atoms with Crippen LogP contribution in [-0.4, -0.2) is 9.97 Å². The maximum Gasteiger partial charge on any atom is 0.0717 e. The molecule has 15 heavy (non-hydrogen) atoms. The SMILES string of the molecule is c1ccc(-c2cnc3c(c2)CCC3)nc1. The number of pyridine rings is 2. The first-order valence-electron chi connectivity index (χ1n) is 5.33. The summed E-state index contributed by atoms with van der Waals surface area (Å²) >= 11 is 0. The summed E-state index contributed by atoms with van der Waals surface area (Å²) in [5.41, 5.74) is 4.82. The fraction of sp³-hybridized carbons (Fsp3) is 0.231. The number of hydrogen-bond donors (Lipinski definition) is 0. The van der Waals surface area contributed by atoms with E-state index in [1.807, 2.05) is 30.6 Å². The van der Waals surface area contributed by atoms with Crippen molar-refractivity contribution in [1.82, 2.24) is 9.97 Å². The first-order valence-corrected chi connectivity index (χ1v) is 5.33. The molecule has 0 spiro atoms. The van der Waals surface area contributed by atoms with Crippen molar-refractivity contribution in [2.75, 3.05) is 0 Å². The minimum Gasteiger partial charge on any atom is -0.260 e. The van der Waals surface area contributed by atoms with Crippen LogP contribution in [0.1, 0.15) is 17.7 Å². The van der Waals surface area contributed by atoms with E-state index in [-0.39, 0.29) is 0 Å². The van der Waals surface area contributed by atoms with E-state index in [4.69, 9.17) is 0 Å². The van der Waals surface area contributed by atoms with Crippen LogP contribution in [0.3, 0.4) is 0 Å². The smallest absolute Gasteiger partial charge is 0.0717 e. The summed E-state index contributed by atoms with van der Waals surface area (Å²) in [6.07, 6.45) is 7.31. The second-order valence-corrected chi connectivity index (χ2v) is 3.90. The van der Waals surface area contributed by atoms with Gasteiger partial charge in [-0.3, -0.25) is 9.97 Å². The Morgan fingerprint density at radius 3 is 2.93 bits per heavy atom. The maximum absolute atomic E-state index is 4.50. The lowest BCUT2D eigenvalue weighted by Gasteiger charge is -2.02. The molecule has 0 N–H and O–H groups in total. The highest BCUT2D eigenvalue weighted by Gasteiger charge is 2.12. The highest BCUT2D eigenvalue weighted by molar-refractivity contribution is 5.59. The van der Waals surface area contributed by atoms with Gasteiger partial charge in [0.25, 0.3) is 0 Å². The average molecular weight is 196 g/mol. The fourth-order valence-electron chi connectivity index (χ4n) is 2.10. The summed E-state index contributed by atoms with van der Waals surface area (Å²) in [6, 6.07) is 8.20. The zero-order valence-corrected chi connectivity index (χ0v) is 8.48. The lowest BCUT2D eigenvalue weighted by molar-refractivity contribution is 0.899. The highest BCUT2D eigenvalue weighted by Crippen LogP contribution is 2.24. The Labute approximate surface area is 89.0 Å². The standard InChI is InChI=1S/C13H12N2/c1-2-7-14-13(5-1)11-8-10-4-3-6-12(10)15-9-11/h1-2,5,7-9H,3-4,6H2. The Hall–Kier alpha value is -1.70. The van der Waals surface area contributed by atoms with E-state index in [0.29, 0.717) is 0 Å². The molecule has 0 amide bonds. The second-order valence-electron chi connectivity index (χ2n) is 3.90. The molecule has 1 aliphatic rings. The van der Waals surface area contributed by atoms with Gasteiger partial charge in [-0.1, -0.05) is 6.07 Å². The third kappa shape index (κ3) is 1.52. The first-order chi connectivity index (χ1) is 7.43. The summed E-state index contributed by atoms with van der Waals surface area (Å²) < 4.78 is 0. The van der Waals surface area contributed by atoms with Crippen LogP contribution in [0.25, 0.3) is 11.3 Å². The number of fused-ring (bicyclic) bond motifs is 1. The molecule has 74 valence electrons. The van der Waals surface area contributed by atoms with Crippen molar-refractivity contribution < 1.29 is 0 Å². The van der Waals surface area contributed by atoms with E-state index in [9.17, 15) is 0 Å². The van der Waals surface area contributed by atoms with Crippen molar-refractivity contribution in [3.63, 3.8) is 0 Å². The van der Waals surface area contributed by atoms with Crippen LogP contribution in [0.15, 0.2) is 36.7 Å². The maximum atomic E-state index is 4.50. The number of aryl methyl sites for hydroxylation is 2. The van der Waals surface area contributed by atoms with Crippen LogP contribution in [0.4, 0.5) is 0 Å². The van der Waals surface area contributed by atoms with Gasteiger partial charge in [0.2, 0.25) is 0 Å². The van der Waals surface area contributed by atoms with E-state index in [1.54, 1.807) is 0 Å². The minimum absolute atomic E-state index is 1.01. The minimum atomic E-state index is 1.01. The molecule has 3 rings (SSSR count). The molecule has 0 aromatic carbocycles. The van der Waals surface area contributed by atoms with Gasteiger partial charge in [0.05, 0.1) is 5.69 Å². The van der Waals surface area contributed by atoms with Crippen LogP contribution < -0.4 is 0 Å². The monoisotopic (exact) mass is 196 g/mol. The molecule has 2 aromatic rings. The van der Waals surface area contributed by atoms with Crippen molar-refractivity contribution >= 4 is 0 Å². The number of hydrogen-bond acceptors (Lipinski definition) is 2. The van der Waals surface area contributed by atoms with Gasteiger partial charge in [-0.05, 0) is 43.0 Å². The molecular formula is C13H12N2. The molecule has 2 nitrogen and oxygen atoms in total. The molecule has 0 saturated heterocycles. The molecule has 0 fully saturated rings. The van der Waals surface area contributed by atoms with Crippen LogP contribution >= 0.6 is 0 Å². The van der Waals surface area contributed by atoms with E-state index in [0.717, 1.165) is 17.7 Å².